The molecule has 0 aliphatic carbocycles. The third-order valence-corrected chi connectivity index (χ3v) is 4.29. The minimum atomic E-state index is 1.11. The van der Waals surface area contributed by atoms with E-state index >= 15 is 0 Å². The van der Waals surface area contributed by atoms with Crippen LogP contribution in [0.5, 0.6) is 0 Å². The van der Waals surface area contributed by atoms with E-state index in [1.807, 2.05) is 0 Å². The smallest absolute Gasteiger partial charge is 0.0370 e. The molecule has 3 rings (SSSR count). The number of hydrogen-bond donors (Lipinski definition) is 1. The van der Waals surface area contributed by atoms with Crippen LogP contribution in [0.2, 0.25) is 0 Å². The molecule has 3 heteroatoms. The number of rotatable bonds is 4. The van der Waals surface area contributed by atoms with Crippen molar-refractivity contribution in [3.8, 4) is 0 Å². The van der Waals surface area contributed by atoms with E-state index in [-0.39, 0.29) is 0 Å². The molecular weight excluding hydrogens is 234 g/mol. The molecule has 2 aliphatic rings. The van der Waals surface area contributed by atoms with Gasteiger partial charge in [-0.2, -0.15) is 0 Å². The van der Waals surface area contributed by atoms with Crippen LogP contribution < -0.4 is 10.2 Å². The van der Waals surface area contributed by atoms with Crippen LogP contribution in [0.3, 0.4) is 0 Å². The van der Waals surface area contributed by atoms with E-state index in [4.69, 9.17) is 0 Å². The predicted octanol–water partition coefficient (Wildman–Crippen LogP) is 2.21. The summed E-state index contributed by atoms with van der Waals surface area (Å²) in [6.45, 7) is 10.3. The molecule has 0 saturated carbocycles. The highest BCUT2D eigenvalue weighted by atomic mass is 15.2. The Labute approximate surface area is 116 Å². The van der Waals surface area contributed by atoms with Crippen molar-refractivity contribution in [2.24, 2.45) is 0 Å². The van der Waals surface area contributed by atoms with Gasteiger partial charge in [-0.3, -0.25) is 4.90 Å². The first-order valence-corrected chi connectivity index (χ1v) is 7.66. The van der Waals surface area contributed by atoms with Gasteiger partial charge in [-0.05, 0) is 36.2 Å². The van der Waals surface area contributed by atoms with E-state index in [2.05, 4.69) is 40.2 Å². The van der Waals surface area contributed by atoms with E-state index in [1.165, 1.54) is 30.6 Å². The Kier molecular flexibility index (Phi) is 4.04. The van der Waals surface area contributed by atoms with Crippen LogP contribution in [-0.2, 0) is 13.1 Å². The van der Waals surface area contributed by atoms with E-state index in [9.17, 15) is 0 Å². The van der Waals surface area contributed by atoms with Gasteiger partial charge in [-0.15, -0.1) is 0 Å². The average Bonchev–Trinajstić information content (AvgIpc) is 2.87. The molecule has 3 nitrogen and oxygen atoms in total. The molecule has 0 unspecified atom stereocenters. The monoisotopic (exact) mass is 259 g/mol. The second-order valence-corrected chi connectivity index (χ2v) is 5.75. The first kappa shape index (κ1) is 12.9. The van der Waals surface area contributed by atoms with Crippen molar-refractivity contribution < 1.29 is 0 Å². The number of hydrogen-bond acceptors (Lipinski definition) is 3. The summed E-state index contributed by atoms with van der Waals surface area (Å²) in [4.78, 5) is 5.08. The van der Waals surface area contributed by atoms with Crippen LogP contribution >= 0.6 is 0 Å². The fourth-order valence-corrected chi connectivity index (χ4v) is 3.11. The number of anilines is 1. The van der Waals surface area contributed by atoms with Crippen LogP contribution in [0.15, 0.2) is 18.2 Å². The Balaban J connectivity index is 1.68. The molecule has 19 heavy (non-hydrogen) atoms. The zero-order valence-corrected chi connectivity index (χ0v) is 12.0. The minimum absolute atomic E-state index is 1.11. The number of benzene rings is 1. The summed E-state index contributed by atoms with van der Waals surface area (Å²) in [6.07, 6.45) is 2.61. The van der Waals surface area contributed by atoms with E-state index in [0.29, 0.717) is 0 Å². The van der Waals surface area contributed by atoms with Gasteiger partial charge >= 0.3 is 0 Å². The summed E-state index contributed by atoms with van der Waals surface area (Å²) in [5, 5.41) is 3.42. The predicted molar refractivity (Wildman–Crippen MR) is 80.5 cm³/mol. The van der Waals surface area contributed by atoms with Crippen molar-refractivity contribution in [1.29, 1.82) is 0 Å². The maximum absolute atomic E-state index is 3.42. The molecule has 2 aliphatic heterocycles. The molecule has 0 radical (unpaired) electrons. The first-order chi connectivity index (χ1) is 9.36. The Morgan fingerprint density at radius 3 is 2.68 bits per heavy atom. The van der Waals surface area contributed by atoms with Crippen LogP contribution in [0.25, 0.3) is 0 Å². The van der Waals surface area contributed by atoms with Gasteiger partial charge in [0.1, 0.15) is 0 Å². The summed E-state index contributed by atoms with van der Waals surface area (Å²) in [7, 11) is 0. The molecule has 0 aromatic heterocycles. The van der Waals surface area contributed by atoms with Crippen molar-refractivity contribution in [1.82, 2.24) is 10.2 Å². The topological polar surface area (TPSA) is 18.5 Å². The number of nitrogens with one attached hydrogen (secondary N) is 1. The second-order valence-electron chi connectivity index (χ2n) is 5.75. The van der Waals surface area contributed by atoms with Crippen molar-refractivity contribution in [2.45, 2.75) is 32.9 Å². The molecular formula is C16H25N3. The third kappa shape index (κ3) is 2.93. The summed E-state index contributed by atoms with van der Waals surface area (Å²) in [6, 6.07) is 7.08. The summed E-state index contributed by atoms with van der Waals surface area (Å²) in [5.74, 6) is 0. The lowest BCUT2D eigenvalue weighted by Crippen LogP contribution is -2.43. The van der Waals surface area contributed by atoms with E-state index in [1.54, 1.807) is 5.56 Å². The highest BCUT2D eigenvalue weighted by Gasteiger charge is 2.20. The van der Waals surface area contributed by atoms with Gasteiger partial charge in [0.2, 0.25) is 0 Å². The normalized spacial score (nSPS) is 19.7. The summed E-state index contributed by atoms with van der Waals surface area (Å²) < 4.78 is 0. The number of piperazine rings is 1. The van der Waals surface area contributed by atoms with Crippen molar-refractivity contribution in [2.75, 3.05) is 37.6 Å². The lowest BCUT2D eigenvalue weighted by Gasteiger charge is -2.29. The van der Waals surface area contributed by atoms with Gasteiger partial charge in [0.25, 0.3) is 0 Å². The fourth-order valence-electron chi connectivity index (χ4n) is 3.11. The highest BCUT2D eigenvalue weighted by molar-refractivity contribution is 5.52. The molecule has 0 atom stereocenters. The lowest BCUT2D eigenvalue weighted by molar-refractivity contribution is 0.279. The molecule has 0 bridgehead atoms. The molecule has 1 saturated heterocycles. The van der Waals surface area contributed by atoms with E-state index < -0.39 is 0 Å². The van der Waals surface area contributed by atoms with Gasteiger partial charge in [0.05, 0.1) is 0 Å². The van der Waals surface area contributed by atoms with Gasteiger partial charge < -0.3 is 10.2 Å². The average molecular weight is 259 g/mol. The minimum Gasteiger partial charge on any atom is -0.369 e. The Morgan fingerprint density at radius 1 is 1.11 bits per heavy atom. The van der Waals surface area contributed by atoms with Crippen LogP contribution in [0.1, 0.15) is 30.9 Å². The lowest BCUT2D eigenvalue weighted by atomic mass is 10.1. The van der Waals surface area contributed by atoms with Gasteiger partial charge in [0, 0.05) is 45.0 Å². The molecule has 1 aromatic rings. The summed E-state index contributed by atoms with van der Waals surface area (Å²) in [5.41, 5.74) is 4.50. The number of unbranched alkanes of at least 4 members (excludes halogenated alkanes) is 1. The Hall–Kier alpha value is -1.06. The second kappa shape index (κ2) is 5.93. The standard InChI is InChI=1S/C16H25N3/c1-2-3-8-18-12-14-4-5-16(11-15(14)13-18)19-9-6-17-7-10-19/h4-5,11,17H,2-3,6-10,12-13H2,1H3. The van der Waals surface area contributed by atoms with Gasteiger partial charge in [-0.25, -0.2) is 0 Å². The van der Waals surface area contributed by atoms with Crippen molar-refractivity contribution in [3.05, 3.63) is 29.3 Å². The van der Waals surface area contributed by atoms with Crippen molar-refractivity contribution >= 4 is 5.69 Å². The number of nitrogens with zero attached hydrogens (tertiary/aromatic N) is 2. The van der Waals surface area contributed by atoms with Crippen LogP contribution in [0, 0.1) is 0 Å². The largest absolute Gasteiger partial charge is 0.369 e. The maximum Gasteiger partial charge on any atom is 0.0370 e. The van der Waals surface area contributed by atoms with E-state index in [0.717, 1.165) is 39.3 Å². The van der Waals surface area contributed by atoms with Gasteiger partial charge in [0.15, 0.2) is 0 Å². The molecule has 1 aromatic carbocycles. The maximum atomic E-state index is 3.42. The first-order valence-electron chi connectivity index (χ1n) is 7.66. The van der Waals surface area contributed by atoms with Crippen LogP contribution in [-0.4, -0.2) is 37.6 Å². The third-order valence-electron chi connectivity index (χ3n) is 4.29. The SMILES string of the molecule is CCCCN1Cc2ccc(N3CCNCC3)cc2C1. The fraction of sp³-hybridized carbons (Fsp3) is 0.625. The zero-order chi connectivity index (χ0) is 13.1. The van der Waals surface area contributed by atoms with Crippen LogP contribution in [0.4, 0.5) is 5.69 Å². The molecule has 1 N–H and O–H groups in total. The van der Waals surface area contributed by atoms with Gasteiger partial charge in [-0.1, -0.05) is 19.4 Å². The molecule has 0 spiro atoms. The van der Waals surface area contributed by atoms with Crippen molar-refractivity contribution in [3.63, 3.8) is 0 Å². The molecule has 104 valence electrons. The number of fused-ring (bicyclic) bond motifs is 1. The molecule has 2 heterocycles. The quantitative estimate of drug-likeness (QED) is 0.894. The molecule has 1 fully saturated rings. The molecule has 0 amide bonds. The Bertz CT molecular complexity index is 424. The zero-order valence-electron chi connectivity index (χ0n) is 12.0. The summed E-state index contributed by atoms with van der Waals surface area (Å²) >= 11 is 0. The Morgan fingerprint density at radius 2 is 1.89 bits per heavy atom. The highest BCUT2D eigenvalue weighted by Crippen LogP contribution is 2.27.